The quantitative estimate of drug-likeness (QED) is 0.620. The van der Waals surface area contributed by atoms with Gasteiger partial charge in [-0.25, -0.2) is 4.79 Å². The summed E-state index contributed by atoms with van der Waals surface area (Å²) in [6.45, 7) is 4.60. The van der Waals surface area contributed by atoms with E-state index >= 15 is 0 Å². The van der Waals surface area contributed by atoms with Crippen LogP contribution in [0.25, 0.3) is 5.57 Å². The highest BCUT2D eigenvalue weighted by molar-refractivity contribution is 6.33. The summed E-state index contributed by atoms with van der Waals surface area (Å²) >= 11 is 0. The molecule has 0 saturated carbocycles. The van der Waals surface area contributed by atoms with E-state index in [0.29, 0.717) is 5.57 Å². The molecule has 0 spiro atoms. The second kappa shape index (κ2) is 6.30. The molecule has 1 aliphatic rings. The van der Waals surface area contributed by atoms with Crippen molar-refractivity contribution in [3.8, 4) is 0 Å². The third-order valence-corrected chi connectivity index (χ3v) is 2.21. The van der Waals surface area contributed by atoms with Gasteiger partial charge in [0, 0.05) is 11.6 Å². The molecule has 0 unspecified atom stereocenters. The minimum atomic E-state index is -0.935. The van der Waals surface area contributed by atoms with Crippen LogP contribution in [0.1, 0.15) is 12.5 Å². The third-order valence-electron chi connectivity index (χ3n) is 2.21. The van der Waals surface area contributed by atoms with Crippen LogP contribution >= 0.6 is 0 Å². The van der Waals surface area contributed by atoms with E-state index in [-0.39, 0.29) is 17.4 Å². The first-order valence-electron chi connectivity index (χ1n) is 5.43. The molecule has 1 aliphatic heterocycles. The van der Waals surface area contributed by atoms with E-state index in [2.05, 4.69) is 11.9 Å². The summed E-state index contributed by atoms with van der Waals surface area (Å²) < 4.78 is 0. The Hall–Kier alpha value is -2.69. The van der Waals surface area contributed by atoms with Crippen molar-refractivity contribution in [2.24, 2.45) is 0 Å². The summed E-state index contributed by atoms with van der Waals surface area (Å²) in [5.74, 6) is -1.60. The van der Waals surface area contributed by atoms with Gasteiger partial charge in [0.1, 0.15) is 0 Å². The summed E-state index contributed by atoms with van der Waals surface area (Å²) in [6.07, 6.45) is 1.32. The number of carboxylic acid groups (broad SMARTS) is 1. The Balaban J connectivity index is 0.000000258. The van der Waals surface area contributed by atoms with Gasteiger partial charge in [-0.15, -0.1) is 0 Å². The van der Waals surface area contributed by atoms with Crippen LogP contribution in [0.2, 0.25) is 0 Å². The number of rotatable bonds is 2. The van der Waals surface area contributed by atoms with E-state index < -0.39 is 5.97 Å². The average Bonchev–Trinajstić information content (AvgIpc) is 2.70. The molecule has 2 rings (SSSR count). The van der Waals surface area contributed by atoms with Crippen LogP contribution in [0.15, 0.2) is 48.6 Å². The fourth-order valence-corrected chi connectivity index (χ4v) is 1.24. The summed E-state index contributed by atoms with van der Waals surface area (Å²) in [5, 5.41) is 10.1. The van der Waals surface area contributed by atoms with Crippen molar-refractivity contribution in [1.29, 1.82) is 0 Å². The average molecular weight is 259 g/mol. The van der Waals surface area contributed by atoms with E-state index in [9.17, 15) is 14.4 Å². The molecule has 1 aromatic rings. The van der Waals surface area contributed by atoms with Crippen LogP contribution in [-0.4, -0.2) is 22.9 Å². The normalized spacial score (nSPS) is 13.0. The molecule has 1 aromatic carbocycles. The van der Waals surface area contributed by atoms with Crippen LogP contribution in [-0.2, 0) is 14.4 Å². The molecular weight excluding hydrogens is 246 g/mol. The summed E-state index contributed by atoms with van der Waals surface area (Å²) in [6, 6.07) is 9.10. The summed E-state index contributed by atoms with van der Waals surface area (Å²) in [4.78, 5) is 31.6. The number of hydrogen-bond donors (Lipinski definition) is 2. The molecule has 98 valence electrons. The lowest BCUT2D eigenvalue weighted by atomic mass is 10.1. The van der Waals surface area contributed by atoms with Gasteiger partial charge in [0.15, 0.2) is 0 Å². The van der Waals surface area contributed by atoms with Crippen LogP contribution < -0.4 is 5.32 Å². The highest BCUT2D eigenvalue weighted by atomic mass is 16.4. The zero-order valence-corrected chi connectivity index (χ0v) is 10.3. The summed E-state index contributed by atoms with van der Waals surface area (Å²) in [7, 11) is 0. The van der Waals surface area contributed by atoms with Crippen LogP contribution in [0.4, 0.5) is 0 Å². The van der Waals surface area contributed by atoms with Gasteiger partial charge in [0.25, 0.3) is 11.8 Å². The topological polar surface area (TPSA) is 83.5 Å². The Morgan fingerprint density at radius 1 is 1.21 bits per heavy atom. The van der Waals surface area contributed by atoms with Crippen LogP contribution in [0.3, 0.4) is 0 Å². The lowest BCUT2D eigenvalue weighted by Crippen LogP contribution is -2.21. The second-order valence-electron chi connectivity index (χ2n) is 3.83. The number of imide groups is 1. The zero-order valence-electron chi connectivity index (χ0n) is 10.3. The van der Waals surface area contributed by atoms with Crippen LogP contribution in [0.5, 0.6) is 0 Å². The predicted molar refractivity (Wildman–Crippen MR) is 70.0 cm³/mol. The molecule has 0 saturated heterocycles. The Bertz CT molecular complexity index is 546. The monoisotopic (exact) mass is 259 g/mol. The molecule has 1 heterocycles. The molecule has 0 aliphatic carbocycles. The Kier molecular flexibility index (Phi) is 4.76. The van der Waals surface area contributed by atoms with Gasteiger partial charge in [0.2, 0.25) is 0 Å². The van der Waals surface area contributed by atoms with Gasteiger partial charge in [-0.3, -0.25) is 14.9 Å². The van der Waals surface area contributed by atoms with Gasteiger partial charge in [0.05, 0.1) is 5.57 Å². The lowest BCUT2D eigenvalue weighted by Gasteiger charge is -1.97. The minimum absolute atomic E-state index is 0.176. The standard InChI is InChI=1S/C10H7NO2.C4H6O2/c12-9-6-8(10(13)11-9)7-4-2-1-3-5-7;1-3(2)4(5)6/h1-6H,(H,11,12,13);1H2,2H3,(H,5,6). The molecule has 0 aromatic heterocycles. The predicted octanol–water partition coefficient (Wildman–Crippen LogP) is 1.37. The van der Waals surface area contributed by atoms with Crippen molar-refractivity contribution in [1.82, 2.24) is 5.32 Å². The lowest BCUT2D eigenvalue weighted by molar-refractivity contribution is -0.132. The smallest absolute Gasteiger partial charge is 0.330 e. The van der Waals surface area contributed by atoms with Crippen molar-refractivity contribution in [3.05, 3.63) is 54.1 Å². The molecule has 0 fully saturated rings. The molecule has 2 amide bonds. The molecule has 5 nitrogen and oxygen atoms in total. The minimum Gasteiger partial charge on any atom is -0.478 e. The Morgan fingerprint density at radius 2 is 1.74 bits per heavy atom. The highest BCUT2D eigenvalue weighted by Crippen LogP contribution is 2.16. The highest BCUT2D eigenvalue weighted by Gasteiger charge is 2.21. The van der Waals surface area contributed by atoms with Gasteiger partial charge in [-0.05, 0) is 12.5 Å². The Morgan fingerprint density at radius 3 is 2.11 bits per heavy atom. The third kappa shape index (κ3) is 4.23. The number of carboxylic acids is 1. The molecule has 2 N–H and O–H groups in total. The first-order valence-corrected chi connectivity index (χ1v) is 5.43. The number of aliphatic carboxylic acids is 1. The Labute approximate surface area is 110 Å². The fourth-order valence-electron chi connectivity index (χ4n) is 1.24. The van der Waals surface area contributed by atoms with Crippen LogP contribution in [0, 0.1) is 0 Å². The molecule has 0 bridgehead atoms. The first kappa shape index (κ1) is 14.4. The number of carbonyl (C=O) groups is 3. The zero-order chi connectivity index (χ0) is 14.4. The van der Waals surface area contributed by atoms with E-state index in [4.69, 9.17) is 5.11 Å². The number of hydrogen-bond acceptors (Lipinski definition) is 3. The van der Waals surface area contributed by atoms with Crippen molar-refractivity contribution >= 4 is 23.4 Å². The SMILES string of the molecule is C=C(C)C(=O)O.O=C1C=C(c2ccccc2)C(=O)N1. The maximum Gasteiger partial charge on any atom is 0.330 e. The van der Waals surface area contributed by atoms with E-state index in [1.165, 1.54) is 13.0 Å². The maximum absolute atomic E-state index is 11.2. The van der Waals surface area contributed by atoms with Crippen molar-refractivity contribution in [3.63, 3.8) is 0 Å². The number of carbonyl (C=O) groups excluding carboxylic acids is 2. The maximum atomic E-state index is 11.2. The van der Waals surface area contributed by atoms with E-state index in [0.717, 1.165) is 5.56 Å². The number of nitrogens with one attached hydrogen (secondary N) is 1. The number of amides is 2. The van der Waals surface area contributed by atoms with Crippen molar-refractivity contribution in [2.45, 2.75) is 6.92 Å². The molecule has 0 radical (unpaired) electrons. The fraction of sp³-hybridized carbons (Fsp3) is 0.0714. The molecule has 19 heavy (non-hydrogen) atoms. The number of benzene rings is 1. The van der Waals surface area contributed by atoms with Crippen molar-refractivity contribution < 1.29 is 19.5 Å². The van der Waals surface area contributed by atoms with Gasteiger partial charge < -0.3 is 5.11 Å². The largest absolute Gasteiger partial charge is 0.478 e. The van der Waals surface area contributed by atoms with Gasteiger partial charge >= 0.3 is 5.97 Å². The van der Waals surface area contributed by atoms with Gasteiger partial charge in [-0.1, -0.05) is 36.9 Å². The molecule has 0 atom stereocenters. The first-order chi connectivity index (χ1) is 8.91. The van der Waals surface area contributed by atoms with Crippen molar-refractivity contribution in [2.75, 3.05) is 0 Å². The second-order valence-corrected chi connectivity index (χ2v) is 3.83. The van der Waals surface area contributed by atoms with Gasteiger partial charge in [-0.2, -0.15) is 0 Å². The molecular formula is C14H13NO4. The van der Waals surface area contributed by atoms with E-state index in [1.54, 1.807) is 12.1 Å². The molecule has 5 heteroatoms. The van der Waals surface area contributed by atoms with E-state index in [1.807, 2.05) is 18.2 Å². The summed E-state index contributed by atoms with van der Waals surface area (Å²) in [5.41, 5.74) is 1.38.